The van der Waals surface area contributed by atoms with Crippen LogP contribution in [0.1, 0.15) is 16.8 Å². The number of rotatable bonds is 3. The van der Waals surface area contributed by atoms with Crippen LogP contribution in [0.5, 0.6) is 11.5 Å². The maximum atomic E-state index is 12.0. The van der Waals surface area contributed by atoms with E-state index >= 15 is 0 Å². The van der Waals surface area contributed by atoms with Gasteiger partial charge in [0.15, 0.2) is 11.5 Å². The molecule has 128 valence electrons. The van der Waals surface area contributed by atoms with Crippen molar-refractivity contribution in [1.29, 1.82) is 0 Å². The van der Waals surface area contributed by atoms with Gasteiger partial charge in [0, 0.05) is 31.5 Å². The molecule has 8 nitrogen and oxygen atoms in total. The van der Waals surface area contributed by atoms with Gasteiger partial charge >= 0.3 is 0 Å². The van der Waals surface area contributed by atoms with E-state index in [1.165, 1.54) is 12.1 Å². The van der Waals surface area contributed by atoms with Gasteiger partial charge in [0.05, 0.1) is 5.69 Å². The van der Waals surface area contributed by atoms with Crippen LogP contribution in [0.4, 0.5) is 0 Å². The van der Waals surface area contributed by atoms with Gasteiger partial charge in [0.25, 0.3) is 5.56 Å². The van der Waals surface area contributed by atoms with Crippen LogP contribution in [0.2, 0.25) is 0 Å². The van der Waals surface area contributed by atoms with E-state index in [0.29, 0.717) is 37.3 Å². The molecule has 0 aliphatic carbocycles. The standard InChI is InChI=1S/C15H17N3O5S/c1-24(22,23)15-16-11-8-18(5-4-10(11)14(21)17-15)7-9-2-3-12(19)13(20)6-9/h2-3,6,19-20H,4-5,7-8H2,1H3,(H,16,17,21). The molecule has 0 atom stereocenters. The SMILES string of the molecule is CS(=O)(=O)c1nc2c(c(=O)[nH]1)CCN(Cc1ccc(O)c(O)c1)C2. The first-order valence-electron chi connectivity index (χ1n) is 7.29. The first-order chi connectivity index (χ1) is 11.2. The number of H-pyrrole nitrogens is 1. The van der Waals surface area contributed by atoms with Gasteiger partial charge in [0.2, 0.25) is 15.0 Å². The van der Waals surface area contributed by atoms with Gasteiger partial charge in [-0.2, -0.15) is 0 Å². The largest absolute Gasteiger partial charge is 0.504 e. The summed E-state index contributed by atoms with van der Waals surface area (Å²) in [6.45, 7) is 1.43. The van der Waals surface area contributed by atoms with Crippen LogP contribution in [-0.2, 0) is 29.3 Å². The van der Waals surface area contributed by atoms with Crippen LogP contribution in [0.25, 0.3) is 0 Å². The third kappa shape index (κ3) is 3.26. The molecule has 1 aromatic carbocycles. The zero-order valence-corrected chi connectivity index (χ0v) is 13.8. The number of phenolic OH excluding ortho intramolecular Hbond substituents is 2. The topological polar surface area (TPSA) is 124 Å². The molecule has 0 saturated heterocycles. The van der Waals surface area contributed by atoms with Crippen LogP contribution < -0.4 is 5.56 Å². The highest BCUT2D eigenvalue weighted by Gasteiger charge is 2.23. The van der Waals surface area contributed by atoms with E-state index < -0.39 is 15.4 Å². The minimum atomic E-state index is -3.59. The van der Waals surface area contributed by atoms with Gasteiger partial charge < -0.3 is 10.2 Å². The summed E-state index contributed by atoms with van der Waals surface area (Å²) < 4.78 is 23.2. The number of aromatic nitrogens is 2. The molecule has 9 heteroatoms. The van der Waals surface area contributed by atoms with Gasteiger partial charge in [-0.25, -0.2) is 13.4 Å². The minimum absolute atomic E-state index is 0.186. The predicted molar refractivity (Wildman–Crippen MR) is 85.6 cm³/mol. The van der Waals surface area contributed by atoms with Gasteiger partial charge in [0.1, 0.15) is 0 Å². The Balaban J connectivity index is 1.87. The van der Waals surface area contributed by atoms with Crippen LogP contribution >= 0.6 is 0 Å². The Kier molecular flexibility index (Phi) is 4.06. The highest BCUT2D eigenvalue weighted by atomic mass is 32.2. The van der Waals surface area contributed by atoms with Crippen molar-refractivity contribution in [2.45, 2.75) is 24.7 Å². The van der Waals surface area contributed by atoms with Gasteiger partial charge in [-0.15, -0.1) is 0 Å². The lowest BCUT2D eigenvalue weighted by Crippen LogP contribution is -2.35. The Morgan fingerprint density at radius 3 is 2.71 bits per heavy atom. The Hall–Kier alpha value is -2.39. The summed E-state index contributed by atoms with van der Waals surface area (Å²) in [5.74, 6) is -0.382. The number of hydrogen-bond donors (Lipinski definition) is 3. The number of benzene rings is 1. The monoisotopic (exact) mass is 351 g/mol. The molecule has 3 N–H and O–H groups in total. The normalized spacial score (nSPS) is 15.2. The van der Waals surface area contributed by atoms with Crippen molar-refractivity contribution in [3.63, 3.8) is 0 Å². The van der Waals surface area contributed by atoms with E-state index in [1.54, 1.807) is 6.07 Å². The molecule has 0 amide bonds. The highest BCUT2D eigenvalue weighted by molar-refractivity contribution is 7.90. The number of aromatic hydroxyl groups is 2. The summed E-state index contributed by atoms with van der Waals surface area (Å²) in [5, 5.41) is 18.6. The Morgan fingerprint density at radius 1 is 1.29 bits per heavy atom. The smallest absolute Gasteiger partial charge is 0.255 e. The zero-order chi connectivity index (χ0) is 17.5. The van der Waals surface area contributed by atoms with Crippen molar-refractivity contribution in [3.8, 4) is 11.5 Å². The first kappa shape index (κ1) is 16.5. The van der Waals surface area contributed by atoms with Crippen LogP contribution in [0.3, 0.4) is 0 Å². The molecule has 3 rings (SSSR count). The number of hydrogen-bond acceptors (Lipinski definition) is 7. The lowest BCUT2D eigenvalue weighted by molar-refractivity contribution is 0.239. The molecule has 0 fully saturated rings. The lowest BCUT2D eigenvalue weighted by Gasteiger charge is -2.27. The molecular formula is C15H17N3O5S. The van der Waals surface area contributed by atoms with E-state index in [2.05, 4.69) is 9.97 Å². The molecule has 1 aliphatic rings. The van der Waals surface area contributed by atoms with Crippen molar-refractivity contribution in [3.05, 3.63) is 45.4 Å². The third-order valence-electron chi connectivity index (χ3n) is 3.93. The van der Waals surface area contributed by atoms with Crippen molar-refractivity contribution >= 4 is 9.84 Å². The third-order valence-corrected chi connectivity index (χ3v) is 4.82. The van der Waals surface area contributed by atoms with E-state index in [9.17, 15) is 23.4 Å². The van der Waals surface area contributed by atoms with Crippen molar-refractivity contribution < 1.29 is 18.6 Å². The van der Waals surface area contributed by atoms with Crippen molar-refractivity contribution in [1.82, 2.24) is 14.9 Å². The molecule has 0 saturated carbocycles. The van der Waals surface area contributed by atoms with Crippen LogP contribution in [0, 0.1) is 0 Å². The molecule has 2 heterocycles. The summed E-state index contributed by atoms with van der Waals surface area (Å²) in [6, 6.07) is 4.57. The average Bonchev–Trinajstić information content (AvgIpc) is 2.50. The number of sulfone groups is 1. The summed E-state index contributed by atoms with van der Waals surface area (Å²) in [7, 11) is -3.59. The van der Waals surface area contributed by atoms with Gasteiger partial charge in [-0.1, -0.05) is 6.07 Å². The second-order valence-electron chi connectivity index (χ2n) is 5.85. The fourth-order valence-electron chi connectivity index (χ4n) is 2.71. The predicted octanol–water partition coefficient (Wildman–Crippen LogP) is 0.143. The van der Waals surface area contributed by atoms with Crippen LogP contribution in [-0.4, -0.2) is 46.3 Å². The van der Waals surface area contributed by atoms with Gasteiger partial charge in [-0.05, 0) is 24.1 Å². The number of nitrogens with zero attached hydrogens (tertiary/aromatic N) is 2. The number of phenols is 2. The maximum absolute atomic E-state index is 12.0. The Bertz CT molecular complexity index is 952. The van der Waals surface area contributed by atoms with E-state index in [-0.39, 0.29) is 16.7 Å². The zero-order valence-electron chi connectivity index (χ0n) is 13.0. The van der Waals surface area contributed by atoms with Gasteiger partial charge in [-0.3, -0.25) is 14.7 Å². The number of fused-ring (bicyclic) bond motifs is 1. The van der Waals surface area contributed by atoms with Crippen LogP contribution in [0.15, 0.2) is 28.2 Å². The maximum Gasteiger partial charge on any atom is 0.255 e. The second-order valence-corrected chi connectivity index (χ2v) is 7.78. The molecule has 1 aromatic heterocycles. The summed E-state index contributed by atoms with van der Waals surface area (Å²) in [4.78, 5) is 20.4. The average molecular weight is 351 g/mol. The molecular weight excluding hydrogens is 334 g/mol. The Labute approximate surface area is 138 Å². The van der Waals surface area contributed by atoms with E-state index in [4.69, 9.17) is 0 Å². The summed E-state index contributed by atoms with van der Waals surface area (Å²) >= 11 is 0. The lowest BCUT2D eigenvalue weighted by atomic mass is 10.1. The Morgan fingerprint density at radius 2 is 2.04 bits per heavy atom. The van der Waals surface area contributed by atoms with E-state index in [1.807, 2.05) is 4.90 Å². The first-order valence-corrected chi connectivity index (χ1v) is 9.18. The molecule has 0 unspecified atom stereocenters. The summed E-state index contributed by atoms with van der Waals surface area (Å²) in [6.07, 6.45) is 1.46. The quantitative estimate of drug-likeness (QED) is 0.531. The second kappa shape index (κ2) is 5.91. The molecule has 1 aliphatic heterocycles. The summed E-state index contributed by atoms with van der Waals surface area (Å²) in [5.41, 5.74) is 1.34. The molecule has 24 heavy (non-hydrogen) atoms. The number of aromatic amines is 1. The number of nitrogens with one attached hydrogen (secondary N) is 1. The van der Waals surface area contributed by atoms with E-state index in [0.717, 1.165) is 11.8 Å². The van der Waals surface area contributed by atoms with Crippen molar-refractivity contribution in [2.24, 2.45) is 0 Å². The highest BCUT2D eigenvalue weighted by Crippen LogP contribution is 2.26. The van der Waals surface area contributed by atoms with Crippen molar-refractivity contribution in [2.75, 3.05) is 12.8 Å². The molecule has 0 bridgehead atoms. The molecule has 0 radical (unpaired) electrons. The minimum Gasteiger partial charge on any atom is -0.504 e. The fourth-order valence-corrected chi connectivity index (χ4v) is 3.26. The molecule has 0 spiro atoms. The molecule has 2 aromatic rings. The fraction of sp³-hybridized carbons (Fsp3) is 0.333.